The van der Waals surface area contributed by atoms with Crippen LogP contribution in [0.5, 0.6) is 0 Å². The van der Waals surface area contributed by atoms with Gasteiger partial charge in [0.05, 0.1) is 0 Å². The number of hydrogen-bond acceptors (Lipinski definition) is 2. The second kappa shape index (κ2) is 11.4. The first-order chi connectivity index (χ1) is 1.41. The van der Waals surface area contributed by atoms with Crippen LogP contribution in [0.2, 0.25) is 0 Å². The molecule has 0 heterocycles. The largest absolute Gasteiger partial charge is 2.00 e. The fourth-order valence-corrected chi connectivity index (χ4v) is 0. The van der Waals surface area contributed by atoms with E-state index in [0.717, 1.165) is 0 Å². The molecule has 0 rings (SSSR count). The molecule has 4 heavy (non-hydrogen) atoms. The zero-order valence-corrected chi connectivity index (χ0v) is 3.89. The Morgan fingerprint density at radius 1 is 1.75 bits per heavy atom. The summed E-state index contributed by atoms with van der Waals surface area (Å²) in [5.74, 6) is 0. The molecule has 0 saturated carbocycles. The van der Waals surface area contributed by atoms with Crippen LogP contribution in [0.25, 0.3) is 0 Å². The standard InChI is InChI=1S/HNO2.Pt/c2-1-3;/h(H,2,3);/q;+2. The van der Waals surface area contributed by atoms with Gasteiger partial charge in [0.2, 0.25) is 0 Å². The fourth-order valence-electron chi connectivity index (χ4n) is 0. The van der Waals surface area contributed by atoms with Crippen LogP contribution in [0.3, 0.4) is 0 Å². The summed E-state index contributed by atoms with van der Waals surface area (Å²) in [6, 6.07) is 0. The molecule has 0 radical (unpaired) electrons. The van der Waals surface area contributed by atoms with Gasteiger partial charge < -0.3 is 5.21 Å². The number of hydrogen-bond donors (Lipinski definition) is 1. The van der Waals surface area contributed by atoms with Crippen molar-refractivity contribution < 1.29 is 26.3 Å². The Morgan fingerprint density at radius 3 is 1.75 bits per heavy atom. The van der Waals surface area contributed by atoms with Gasteiger partial charge in [-0.2, -0.15) is 0 Å². The van der Waals surface area contributed by atoms with E-state index in [1.165, 1.54) is 5.34 Å². The Hall–Kier alpha value is 0.0883. The van der Waals surface area contributed by atoms with Gasteiger partial charge in [0.1, 0.15) is 0 Å². The summed E-state index contributed by atoms with van der Waals surface area (Å²) in [5, 5.41) is 7.89. The van der Waals surface area contributed by atoms with Gasteiger partial charge in [-0.15, -0.1) is 4.91 Å². The third-order valence-electron chi connectivity index (χ3n) is 0. The second-order valence-corrected chi connectivity index (χ2v) is 0.0816. The Kier molecular flexibility index (Phi) is 25.4. The van der Waals surface area contributed by atoms with Gasteiger partial charge in [-0.25, -0.2) is 0 Å². The van der Waals surface area contributed by atoms with Crippen molar-refractivity contribution in [3.05, 3.63) is 4.91 Å². The molecular formula is HNO2Pt+2. The third kappa shape index (κ3) is 317. The molecule has 0 spiro atoms. The minimum Gasteiger partial charge on any atom is -0.379 e. The zero-order valence-electron chi connectivity index (χ0n) is 1.62. The van der Waals surface area contributed by atoms with Gasteiger partial charge in [-0.05, 0) is 0 Å². The monoisotopic (exact) mass is 242 g/mol. The Bertz CT molecular complexity index is 13.5. The summed E-state index contributed by atoms with van der Waals surface area (Å²) in [4.78, 5) is 8.11. The maximum absolute atomic E-state index is 8.11. The van der Waals surface area contributed by atoms with Gasteiger partial charge in [0.15, 0.2) is 5.34 Å². The first-order valence-electron chi connectivity index (χ1n) is 0.383. The first-order valence-corrected chi connectivity index (χ1v) is 0.383. The SMILES string of the molecule is O=NO.[Pt+2]. The summed E-state index contributed by atoms with van der Waals surface area (Å²) in [6.45, 7) is 0. The van der Waals surface area contributed by atoms with Crippen LogP contribution < -0.4 is 0 Å². The molecule has 0 aromatic carbocycles. The summed E-state index contributed by atoms with van der Waals surface area (Å²) in [5.41, 5.74) is 0. The Labute approximate surface area is 37.2 Å². The van der Waals surface area contributed by atoms with E-state index in [1.807, 2.05) is 0 Å². The number of nitrogens with zero attached hydrogens (tertiary/aromatic N) is 1. The third-order valence-corrected chi connectivity index (χ3v) is 0. The van der Waals surface area contributed by atoms with Crippen molar-refractivity contribution in [1.29, 1.82) is 0 Å². The minimum atomic E-state index is 0. The molecular weight excluding hydrogens is 241 g/mol. The topological polar surface area (TPSA) is 49.7 Å². The maximum Gasteiger partial charge on any atom is 2.00 e. The van der Waals surface area contributed by atoms with E-state index in [2.05, 4.69) is 0 Å². The molecule has 0 aromatic rings. The first kappa shape index (κ1) is 8.94. The van der Waals surface area contributed by atoms with Crippen molar-refractivity contribution in [2.24, 2.45) is 5.34 Å². The van der Waals surface area contributed by atoms with Crippen LogP contribution in [0.4, 0.5) is 0 Å². The molecule has 0 saturated heterocycles. The second-order valence-electron chi connectivity index (χ2n) is 0.0816. The molecule has 0 aliphatic rings. The average molecular weight is 242 g/mol. The van der Waals surface area contributed by atoms with Crippen molar-refractivity contribution in [1.82, 2.24) is 0 Å². The van der Waals surface area contributed by atoms with E-state index in [9.17, 15) is 0 Å². The predicted molar refractivity (Wildman–Crippen MR) is 7.58 cm³/mol. The molecule has 26 valence electrons. The fraction of sp³-hybridized carbons (Fsp3) is 0. The molecule has 0 bridgehead atoms. The van der Waals surface area contributed by atoms with E-state index < -0.39 is 0 Å². The van der Waals surface area contributed by atoms with Crippen molar-refractivity contribution in [2.45, 2.75) is 0 Å². The maximum atomic E-state index is 8.11. The molecule has 1 N–H and O–H groups in total. The van der Waals surface area contributed by atoms with Gasteiger partial charge in [0.25, 0.3) is 0 Å². The molecule has 0 atom stereocenters. The van der Waals surface area contributed by atoms with Crippen LogP contribution >= 0.6 is 0 Å². The Balaban J connectivity index is 0. The van der Waals surface area contributed by atoms with E-state index in [4.69, 9.17) is 10.1 Å². The quantitative estimate of drug-likeness (QED) is 0.485. The van der Waals surface area contributed by atoms with Crippen LogP contribution in [0.1, 0.15) is 0 Å². The van der Waals surface area contributed by atoms with Crippen molar-refractivity contribution in [3.8, 4) is 0 Å². The molecule has 0 aliphatic carbocycles. The average Bonchev–Trinajstić information content (AvgIpc) is 0.918. The normalized spacial score (nSPS) is 3.00. The van der Waals surface area contributed by atoms with Crippen LogP contribution in [-0.4, -0.2) is 5.21 Å². The van der Waals surface area contributed by atoms with Gasteiger partial charge in [-0.3, -0.25) is 0 Å². The molecule has 4 heteroatoms. The zero-order chi connectivity index (χ0) is 2.71. The summed E-state index contributed by atoms with van der Waals surface area (Å²) >= 11 is 0. The molecule has 0 unspecified atom stereocenters. The summed E-state index contributed by atoms with van der Waals surface area (Å²) < 4.78 is 0. The molecule has 3 nitrogen and oxygen atoms in total. The van der Waals surface area contributed by atoms with E-state index in [0.29, 0.717) is 0 Å². The number of rotatable bonds is 0. The molecule has 0 aromatic heterocycles. The van der Waals surface area contributed by atoms with Crippen LogP contribution in [0.15, 0.2) is 5.34 Å². The van der Waals surface area contributed by atoms with E-state index in [1.54, 1.807) is 0 Å². The van der Waals surface area contributed by atoms with Gasteiger partial charge in [0, 0.05) is 0 Å². The van der Waals surface area contributed by atoms with Crippen molar-refractivity contribution >= 4 is 0 Å². The van der Waals surface area contributed by atoms with Gasteiger partial charge in [-0.1, -0.05) is 0 Å². The smallest absolute Gasteiger partial charge is 0.379 e. The molecule has 0 amide bonds. The predicted octanol–water partition coefficient (Wildman–Crippen LogP) is 0.140. The molecule has 0 aliphatic heterocycles. The Morgan fingerprint density at radius 2 is 1.75 bits per heavy atom. The van der Waals surface area contributed by atoms with E-state index >= 15 is 0 Å². The minimum absolute atomic E-state index is 0. The van der Waals surface area contributed by atoms with Crippen LogP contribution in [-0.2, 0) is 21.1 Å². The van der Waals surface area contributed by atoms with E-state index in [-0.39, 0.29) is 21.1 Å². The summed E-state index contributed by atoms with van der Waals surface area (Å²) in [7, 11) is 0. The van der Waals surface area contributed by atoms with Crippen molar-refractivity contribution in [2.75, 3.05) is 0 Å². The summed E-state index contributed by atoms with van der Waals surface area (Å²) in [6.07, 6.45) is 0. The van der Waals surface area contributed by atoms with Crippen molar-refractivity contribution in [3.63, 3.8) is 0 Å². The molecule has 0 fully saturated rings. The van der Waals surface area contributed by atoms with Gasteiger partial charge >= 0.3 is 21.1 Å². The van der Waals surface area contributed by atoms with Crippen LogP contribution in [0, 0.1) is 4.91 Å².